The summed E-state index contributed by atoms with van der Waals surface area (Å²) in [5, 5.41) is 2.10. The summed E-state index contributed by atoms with van der Waals surface area (Å²) in [7, 11) is 0. The molecule has 0 spiro atoms. The smallest absolute Gasteiger partial charge is 0.278 e. The van der Waals surface area contributed by atoms with E-state index in [4.69, 9.17) is 0 Å². The molecule has 1 N–H and O–H groups in total. The van der Waals surface area contributed by atoms with Crippen molar-refractivity contribution >= 4 is 17.8 Å². The lowest BCUT2D eigenvalue weighted by Crippen LogP contribution is -2.42. The average Bonchev–Trinajstić information content (AvgIpc) is 2.10. The van der Waals surface area contributed by atoms with Crippen molar-refractivity contribution in [3.8, 4) is 0 Å². The Morgan fingerprint density at radius 3 is 2.75 bits per heavy atom. The average molecular weight is 170 g/mol. The fraction of sp³-hybridized carbons (Fsp3) is 0.571. The quantitative estimate of drug-likeness (QED) is 0.550. The van der Waals surface area contributed by atoms with Crippen LogP contribution in [-0.4, -0.2) is 29.3 Å². The van der Waals surface area contributed by atoms with E-state index in [0.717, 1.165) is 4.90 Å². The fourth-order valence-corrected chi connectivity index (χ4v) is 1.05. The molecule has 12 heavy (non-hydrogen) atoms. The Bertz CT molecular complexity index is 237. The summed E-state index contributed by atoms with van der Waals surface area (Å²) in [5.41, 5.74) is 0. The lowest BCUT2D eigenvalue weighted by Gasteiger charge is -2.14. The Labute approximate surface area is 69.7 Å². The predicted octanol–water partition coefficient (Wildman–Crippen LogP) is -0.135. The minimum absolute atomic E-state index is 0.301. The van der Waals surface area contributed by atoms with E-state index in [1.165, 1.54) is 6.92 Å². The molecule has 0 aromatic heterocycles. The number of hydrogen-bond donors (Lipinski definition) is 1. The van der Waals surface area contributed by atoms with Gasteiger partial charge in [0.2, 0.25) is 11.8 Å². The van der Waals surface area contributed by atoms with Gasteiger partial charge in [0.15, 0.2) is 0 Å². The summed E-state index contributed by atoms with van der Waals surface area (Å²) < 4.78 is 0. The molecule has 5 nitrogen and oxygen atoms in total. The van der Waals surface area contributed by atoms with Crippen molar-refractivity contribution in [1.29, 1.82) is 0 Å². The molecule has 0 saturated carbocycles. The summed E-state index contributed by atoms with van der Waals surface area (Å²) in [6.45, 7) is 1.63. The monoisotopic (exact) mass is 170 g/mol. The highest BCUT2D eigenvalue weighted by atomic mass is 16.2. The number of hydrogen-bond acceptors (Lipinski definition) is 3. The van der Waals surface area contributed by atoms with Crippen LogP contribution in [0.2, 0.25) is 0 Å². The summed E-state index contributed by atoms with van der Waals surface area (Å²) in [4.78, 5) is 33.7. The van der Waals surface area contributed by atoms with Crippen molar-refractivity contribution in [3.63, 3.8) is 0 Å². The van der Waals surface area contributed by atoms with Crippen LogP contribution in [0.15, 0.2) is 0 Å². The van der Waals surface area contributed by atoms with E-state index in [1.807, 2.05) is 0 Å². The number of amides is 4. The van der Waals surface area contributed by atoms with Gasteiger partial charge in [0.1, 0.15) is 0 Å². The number of nitrogens with one attached hydrogen (secondary N) is 1. The molecule has 1 saturated heterocycles. The fourth-order valence-electron chi connectivity index (χ4n) is 1.05. The molecule has 0 aromatic carbocycles. The number of carbonyl (C=O) groups is 3. The van der Waals surface area contributed by atoms with Crippen LogP contribution in [0.25, 0.3) is 0 Å². The molecular formula is C7H10N2O3. The van der Waals surface area contributed by atoms with Crippen LogP contribution < -0.4 is 5.32 Å². The highest BCUT2D eigenvalue weighted by Crippen LogP contribution is 2.01. The second kappa shape index (κ2) is 3.34. The molecule has 1 heterocycles. The van der Waals surface area contributed by atoms with Crippen LogP contribution in [0.4, 0.5) is 4.79 Å². The Hall–Kier alpha value is -1.39. The normalized spacial score (nSPS) is 18.6. The SMILES string of the molecule is CC(=O)N1CCCC(=O)NC1=O. The Balaban J connectivity index is 2.70. The van der Waals surface area contributed by atoms with E-state index in [-0.39, 0.29) is 11.8 Å². The third-order valence-electron chi connectivity index (χ3n) is 1.66. The van der Waals surface area contributed by atoms with Crippen molar-refractivity contribution in [2.24, 2.45) is 0 Å². The number of rotatable bonds is 0. The van der Waals surface area contributed by atoms with E-state index in [0.29, 0.717) is 19.4 Å². The molecule has 0 aromatic rings. The first-order valence-electron chi connectivity index (χ1n) is 3.73. The maximum Gasteiger partial charge on any atom is 0.330 e. The molecular weight excluding hydrogens is 160 g/mol. The van der Waals surface area contributed by atoms with Crippen LogP contribution >= 0.6 is 0 Å². The molecule has 0 radical (unpaired) electrons. The molecule has 66 valence electrons. The minimum Gasteiger partial charge on any atom is -0.278 e. The van der Waals surface area contributed by atoms with Crippen LogP contribution in [-0.2, 0) is 9.59 Å². The third-order valence-corrected chi connectivity index (χ3v) is 1.66. The Kier molecular flexibility index (Phi) is 2.42. The largest absolute Gasteiger partial charge is 0.330 e. The van der Waals surface area contributed by atoms with Gasteiger partial charge in [-0.2, -0.15) is 0 Å². The Morgan fingerprint density at radius 1 is 1.50 bits per heavy atom. The van der Waals surface area contributed by atoms with Gasteiger partial charge in [0.05, 0.1) is 0 Å². The standard InChI is InChI=1S/C7H10N2O3/c1-5(10)9-4-2-3-6(11)8-7(9)12/h2-4H2,1H3,(H,8,11,12). The summed E-state index contributed by atoms with van der Waals surface area (Å²) in [6.07, 6.45) is 0.840. The first-order chi connectivity index (χ1) is 5.61. The summed E-state index contributed by atoms with van der Waals surface area (Å²) >= 11 is 0. The van der Waals surface area contributed by atoms with Crippen molar-refractivity contribution in [2.75, 3.05) is 6.54 Å². The van der Waals surface area contributed by atoms with Crippen LogP contribution in [0.5, 0.6) is 0 Å². The van der Waals surface area contributed by atoms with Gasteiger partial charge in [0.25, 0.3) is 0 Å². The second-order valence-corrected chi connectivity index (χ2v) is 2.63. The van der Waals surface area contributed by atoms with Gasteiger partial charge in [-0.25, -0.2) is 4.79 Å². The van der Waals surface area contributed by atoms with Crippen molar-refractivity contribution < 1.29 is 14.4 Å². The van der Waals surface area contributed by atoms with Gasteiger partial charge in [-0.15, -0.1) is 0 Å². The van der Waals surface area contributed by atoms with E-state index in [1.54, 1.807) is 0 Å². The van der Waals surface area contributed by atoms with Crippen LogP contribution in [0, 0.1) is 0 Å². The van der Waals surface area contributed by atoms with Gasteiger partial charge in [-0.1, -0.05) is 0 Å². The topological polar surface area (TPSA) is 66.5 Å². The number of imide groups is 2. The Morgan fingerprint density at radius 2 is 2.17 bits per heavy atom. The molecule has 4 amide bonds. The molecule has 0 bridgehead atoms. The lowest BCUT2D eigenvalue weighted by atomic mass is 10.3. The van der Waals surface area contributed by atoms with E-state index in [2.05, 4.69) is 5.32 Å². The first kappa shape index (κ1) is 8.70. The molecule has 1 aliphatic heterocycles. The number of urea groups is 1. The lowest BCUT2D eigenvalue weighted by molar-refractivity contribution is -0.125. The first-order valence-corrected chi connectivity index (χ1v) is 3.73. The summed E-state index contributed by atoms with van der Waals surface area (Å²) in [6, 6.07) is -0.606. The zero-order valence-corrected chi connectivity index (χ0v) is 6.79. The minimum atomic E-state index is -0.606. The van der Waals surface area contributed by atoms with Crippen LogP contribution in [0.3, 0.4) is 0 Å². The molecule has 5 heteroatoms. The maximum atomic E-state index is 11.0. The van der Waals surface area contributed by atoms with Gasteiger partial charge in [0, 0.05) is 19.9 Å². The van der Waals surface area contributed by atoms with Crippen molar-refractivity contribution in [1.82, 2.24) is 10.2 Å². The molecule has 0 unspecified atom stereocenters. The molecule has 0 aliphatic carbocycles. The summed E-state index contributed by atoms with van der Waals surface area (Å²) in [5.74, 6) is -0.647. The van der Waals surface area contributed by atoms with E-state index < -0.39 is 6.03 Å². The molecule has 1 fully saturated rings. The number of nitrogens with zero attached hydrogens (tertiary/aromatic N) is 1. The maximum absolute atomic E-state index is 11.0. The van der Waals surface area contributed by atoms with Gasteiger partial charge in [-0.05, 0) is 6.42 Å². The van der Waals surface area contributed by atoms with Crippen molar-refractivity contribution in [3.05, 3.63) is 0 Å². The highest BCUT2D eigenvalue weighted by molar-refractivity contribution is 6.02. The zero-order valence-electron chi connectivity index (χ0n) is 6.79. The van der Waals surface area contributed by atoms with Crippen LogP contribution in [0.1, 0.15) is 19.8 Å². The molecule has 0 atom stereocenters. The van der Waals surface area contributed by atoms with Gasteiger partial charge < -0.3 is 0 Å². The number of carbonyl (C=O) groups excluding carboxylic acids is 3. The van der Waals surface area contributed by atoms with E-state index in [9.17, 15) is 14.4 Å². The van der Waals surface area contributed by atoms with E-state index >= 15 is 0 Å². The highest BCUT2D eigenvalue weighted by Gasteiger charge is 2.22. The third kappa shape index (κ3) is 1.81. The van der Waals surface area contributed by atoms with Gasteiger partial charge in [-0.3, -0.25) is 19.8 Å². The molecule has 1 rings (SSSR count). The van der Waals surface area contributed by atoms with Crippen molar-refractivity contribution in [2.45, 2.75) is 19.8 Å². The predicted molar refractivity (Wildman–Crippen MR) is 40.2 cm³/mol. The molecule has 1 aliphatic rings. The zero-order chi connectivity index (χ0) is 9.14. The second-order valence-electron chi connectivity index (χ2n) is 2.63. The van der Waals surface area contributed by atoms with Gasteiger partial charge >= 0.3 is 6.03 Å².